The second-order valence-corrected chi connectivity index (χ2v) is 8.44. The number of rotatable bonds is 7. The van der Waals surface area contributed by atoms with Crippen LogP contribution in [0.3, 0.4) is 0 Å². The lowest BCUT2D eigenvalue weighted by atomic mass is 10.1. The van der Waals surface area contributed by atoms with Gasteiger partial charge in [-0.25, -0.2) is 13.1 Å². The molecule has 1 aliphatic heterocycles. The first-order chi connectivity index (χ1) is 13.0. The van der Waals surface area contributed by atoms with Crippen molar-refractivity contribution in [3.8, 4) is 0 Å². The molecule has 1 heterocycles. The number of sulfonamides is 1. The van der Waals surface area contributed by atoms with E-state index in [1.54, 1.807) is 6.08 Å². The summed E-state index contributed by atoms with van der Waals surface area (Å²) in [5.74, 6) is 0. The normalized spacial score (nSPS) is 16.0. The van der Waals surface area contributed by atoms with Crippen molar-refractivity contribution in [1.29, 1.82) is 0 Å². The summed E-state index contributed by atoms with van der Waals surface area (Å²) in [4.78, 5) is 2.34. The fourth-order valence-electron chi connectivity index (χ4n) is 2.93. The van der Waals surface area contributed by atoms with Crippen LogP contribution in [0.15, 0.2) is 53.9 Å². The standard InChI is InChI=1S/C21H26N2O3S/c1-18-5-7-19(8-6-18)9-14-27(24,25)22-16-20-3-2-4-21(15-20)17-23-10-12-26-13-11-23/h2-9,14-15,22H,10-13,16-17H2,1H3/b14-9+. The zero-order chi connectivity index (χ0) is 19.1. The van der Waals surface area contributed by atoms with Crippen molar-refractivity contribution < 1.29 is 13.2 Å². The van der Waals surface area contributed by atoms with Gasteiger partial charge in [-0.2, -0.15) is 0 Å². The minimum absolute atomic E-state index is 0.275. The lowest BCUT2D eigenvalue weighted by Gasteiger charge is -2.26. The van der Waals surface area contributed by atoms with Crippen LogP contribution in [0.1, 0.15) is 22.3 Å². The summed E-state index contributed by atoms with van der Waals surface area (Å²) in [5, 5.41) is 1.22. The van der Waals surface area contributed by atoms with Crippen molar-refractivity contribution in [1.82, 2.24) is 9.62 Å². The number of hydrogen-bond donors (Lipinski definition) is 1. The van der Waals surface area contributed by atoms with E-state index in [-0.39, 0.29) is 6.54 Å². The Morgan fingerprint density at radius 2 is 1.78 bits per heavy atom. The molecule has 2 aromatic carbocycles. The minimum atomic E-state index is -3.49. The average molecular weight is 387 g/mol. The zero-order valence-electron chi connectivity index (χ0n) is 15.6. The highest BCUT2D eigenvalue weighted by Gasteiger charge is 2.11. The van der Waals surface area contributed by atoms with Gasteiger partial charge in [-0.3, -0.25) is 4.90 Å². The maximum atomic E-state index is 12.2. The van der Waals surface area contributed by atoms with E-state index in [0.29, 0.717) is 0 Å². The van der Waals surface area contributed by atoms with Crippen LogP contribution >= 0.6 is 0 Å². The topological polar surface area (TPSA) is 58.6 Å². The van der Waals surface area contributed by atoms with Gasteiger partial charge in [0, 0.05) is 31.6 Å². The maximum Gasteiger partial charge on any atom is 0.234 e. The SMILES string of the molecule is Cc1ccc(/C=C/S(=O)(=O)NCc2cccc(CN3CCOCC3)c2)cc1. The largest absolute Gasteiger partial charge is 0.379 e. The molecule has 2 aromatic rings. The molecule has 27 heavy (non-hydrogen) atoms. The molecule has 0 aliphatic carbocycles. The lowest BCUT2D eigenvalue weighted by molar-refractivity contribution is 0.0342. The zero-order valence-corrected chi connectivity index (χ0v) is 16.4. The molecule has 0 saturated carbocycles. The highest BCUT2D eigenvalue weighted by atomic mass is 32.2. The first-order valence-corrected chi connectivity index (χ1v) is 10.7. The van der Waals surface area contributed by atoms with Gasteiger partial charge in [-0.1, -0.05) is 54.1 Å². The predicted molar refractivity (Wildman–Crippen MR) is 109 cm³/mol. The summed E-state index contributed by atoms with van der Waals surface area (Å²) in [6, 6.07) is 15.8. The second-order valence-electron chi connectivity index (χ2n) is 6.79. The quantitative estimate of drug-likeness (QED) is 0.795. The number of hydrogen-bond acceptors (Lipinski definition) is 4. The highest BCUT2D eigenvalue weighted by Crippen LogP contribution is 2.11. The van der Waals surface area contributed by atoms with E-state index in [0.717, 1.165) is 49.5 Å². The Balaban J connectivity index is 1.56. The van der Waals surface area contributed by atoms with E-state index in [1.807, 2.05) is 43.3 Å². The monoisotopic (exact) mass is 386 g/mol. The molecule has 0 amide bonds. The molecule has 0 radical (unpaired) electrons. The van der Waals surface area contributed by atoms with Crippen LogP contribution in [0.25, 0.3) is 6.08 Å². The molecule has 144 valence electrons. The fraction of sp³-hybridized carbons (Fsp3) is 0.333. The Hall–Kier alpha value is -1.99. The van der Waals surface area contributed by atoms with E-state index in [9.17, 15) is 8.42 Å². The summed E-state index contributed by atoms with van der Waals surface area (Å²) in [6.07, 6.45) is 1.61. The summed E-state index contributed by atoms with van der Waals surface area (Å²) in [7, 11) is -3.49. The van der Waals surface area contributed by atoms with Crippen molar-refractivity contribution >= 4 is 16.1 Å². The molecule has 1 N–H and O–H groups in total. The lowest BCUT2D eigenvalue weighted by Crippen LogP contribution is -2.35. The summed E-state index contributed by atoms with van der Waals surface area (Å²) < 4.78 is 32.5. The van der Waals surface area contributed by atoms with Crippen LogP contribution in [-0.4, -0.2) is 39.6 Å². The van der Waals surface area contributed by atoms with Gasteiger partial charge in [-0.15, -0.1) is 0 Å². The van der Waals surface area contributed by atoms with Gasteiger partial charge < -0.3 is 4.74 Å². The molecule has 6 heteroatoms. The Bertz CT molecular complexity index is 871. The first-order valence-electron chi connectivity index (χ1n) is 9.12. The van der Waals surface area contributed by atoms with Crippen LogP contribution < -0.4 is 4.72 Å². The Morgan fingerprint density at radius 1 is 1.07 bits per heavy atom. The Labute approximate surface area is 161 Å². The van der Waals surface area contributed by atoms with Crippen LogP contribution in [0.4, 0.5) is 0 Å². The molecule has 0 aromatic heterocycles. The molecule has 0 unspecified atom stereocenters. The predicted octanol–water partition coefficient (Wildman–Crippen LogP) is 2.92. The second kappa shape index (κ2) is 9.28. The smallest absolute Gasteiger partial charge is 0.234 e. The fourth-order valence-corrected chi connectivity index (χ4v) is 3.73. The van der Waals surface area contributed by atoms with Crippen LogP contribution in [-0.2, 0) is 27.8 Å². The Kier molecular flexibility index (Phi) is 6.79. The third-order valence-corrected chi connectivity index (χ3v) is 5.54. The van der Waals surface area contributed by atoms with Crippen molar-refractivity contribution in [3.05, 3.63) is 76.2 Å². The molecule has 0 bridgehead atoms. The van der Waals surface area contributed by atoms with E-state index in [2.05, 4.69) is 21.8 Å². The molecule has 5 nitrogen and oxygen atoms in total. The number of nitrogens with one attached hydrogen (secondary N) is 1. The van der Waals surface area contributed by atoms with E-state index < -0.39 is 10.0 Å². The van der Waals surface area contributed by atoms with Gasteiger partial charge in [0.2, 0.25) is 10.0 Å². The van der Waals surface area contributed by atoms with Gasteiger partial charge in [0.25, 0.3) is 0 Å². The van der Waals surface area contributed by atoms with Gasteiger partial charge in [-0.05, 0) is 29.7 Å². The van der Waals surface area contributed by atoms with Gasteiger partial charge in [0.15, 0.2) is 0 Å². The molecule has 1 saturated heterocycles. The highest BCUT2D eigenvalue weighted by molar-refractivity contribution is 7.92. The number of aryl methyl sites for hydroxylation is 1. The van der Waals surface area contributed by atoms with E-state index in [4.69, 9.17) is 4.74 Å². The number of benzene rings is 2. The maximum absolute atomic E-state index is 12.2. The summed E-state index contributed by atoms with van der Waals surface area (Å²) >= 11 is 0. The van der Waals surface area contributed by atoms with Crippen LogP contribution in [0.5, 0.6) is 0 Å². The van der Waals surface area contributed by atoms with E-state index >= 15 is 0 Å². The number of nitrogens with zero attached hydrogens (tertiary/aromatic N) is 1. The van der Waals surface area contributed by atoms with Gasteiger partial charge in [0.1, 0.15) is 0 Å². The average Bonchev–Trinajstić information content (AvgIpc) is 2.67. The molecular weight excluding hydrogens is 360 g/mol. The molecular formula is C21H26N2O3S. The van der Waals surface area contributed by atoms with Crippen LogP contribution in [0, 0.1) is 6.92 Å². The third-order valence-electron chi connectivity index (χ3n) is 4.50. The van der Waals surface area contributed by atoms with Crippen molar-refractivity contribution in [2.75, 3.05) is 26.3 Å². The molecule has 0 spiro atoms. The molecule has 0 atom stereocenters. The summed E-state index contributed by atoms with van der Waals surface area (Å²) in [5.41, 5.74) is 4.14. The number of morpholine rings is 1. The third kappa shape index (κ3) is 6.59. The molecule has 3 rings (SSSR count). The Morgan fingerprint density at radius 3 is 2.52 bits per heavy atom. The van der Waals surface area contributed by atoms with Crippen molar-refractivity contribution in [2.24, 2.45) is 0 Å². The molecule has 1 fully saturated rings. The minimum Gasteiger partial charge on any atom is -0.379 e. The van der Waals surface area contributed by atoms with E-state index in [1.165, 1.54) is 11.0 Å². The van der Waals surface area contributed by atoms with Crippen molar-refractivity contribution in [3.63, 3.8) is 0 Å². The number of ether oxygens (including phenoxy) is 1. The van der Waals surface area contributed by atoms with Crippen molar-refractivity contribution in [2.45, 2.75) is 20.0 Å². The molecule has 1 aliphatic rings. The van der Waals surface area contributed by atoms with Crippen LogP contribution in [0.2, 0.25) is 0 Å². The van der Waals surface area contributed by atoms with Gasteiger partial charge >= 0.3 is 0 Å². The first kappa shape index (κ1) is 19.8. The van der Waals surface area contributed by atoms with Gasteiger partial charge in [0.05, 0.1) is 13.2 Å². The summed E-state index contributed by atoms with van der Waals surface area (Å²) in [6.45, 7) is 6.54.